The highest BCUT2D eigenvalue weighted by molar-refractivity contribution is 7.09. The second-order valence-corrected chi connectivity index (χ2v) is 6.41. The molecule has 114 valence electrons. The minimum absolute atomic E-state index is 0.524. The fourth-order valence-corrected chi connectivity index (χ4v) is 2.95. The molecular formula is C18H25NOS. The maximum absolute atomic E-state index is 5.80. The monoisotopic (exact) mass is 303 g/mol. The van der Waals surface area contributed by atoms with E-state index in [2.05, 4.69) is 60.9 Å². The Bertz CT molecular complexity index is 492. The average Bonchev–Trinajstić information content (AvgIpc) is 3.00. The van der Waals surface area contributed by atoms with Crippen molar-refractivity contribution in [3.63, 3.8) is 0 Å². The quantitative estimate of drug-likeness (QED) is 0.745. The molecule has 21 heavy (non-hydrogen) atoms. The molecule has 0 radical (unpaired) electrons. The number of hydrogen-bond donors (Lipinski definition) is 1. The second-order valence-electron chi connectivity index (χ2n) is 5.38. The smallest absolute Gasteiger partial charge is 0.119 e. The Morgan fingerprint density at radius 2 is 2.00 bits per heavy atom. The first-order chi connectivity index (χ1) is 10.3. The third-order valence-electron chi connectivity index (χ3n) is 3.41. The molecule has 2 rings (SSSR count). The Morgan fingerprint density at radius 1 is 1.19 bits per heavy atom. The van der Waals surface area contributed by atoms with Crippen LogP contribution in [0.4, 0.5) is 0 Å². The number of hydrogen-bond acceptors (Lipinski definition) is 3. The maximum Gasteiger partial charge on any atom is 0.119 e. The summed E-state index contributed by atoms with van der Waals surface area (Å²) < 4.78 is 5.80. The fourth-order valence-electron chi connectivity index (χ4n) is 2.26. The Kier molecular flexibility index (Phi) is 6.77. The summed E-state index contributed by atoms with van der Waals surface area (Å²) in [5.74, 6) is 0.962. The zero-order valence-corrected chi connectivity index (χ0v) is 13.8. The van der Waals surface area contributed by atoms with Crippen LogP contribution in [-0.2, 0) is 12.8 Å². The van der Waals surface area contributed by atoms with Crippen LogP contribution in [0.3, 0.4) is 0 Å². The van der Waals surface area contributed by atoms with Crippen LogP contribution in [0.15, 0.2) is 41.8 Å². The fraction of sp³-hybridized carbons (Fsp3) is 0.444. The summed E-state index contributed by atoms with van der Waals surface area (Å²) in [5, 5.41) is 5.62. The van der Waals surface area contributed by atoms with Gasteiger partial charge in [-0.05, 0) is 55.5 Å². The lowest BCUT2D eigenvalue weighted by Gasteiger charge is -2.13. The van der Waals surface area contributed by atoms with E-state index in [1.807, 2.05) is 0 Å². The van der Waals surface area contributed by atoms with Gasteiger partial charge in [-0.25, -0.2) is 0 Å². The van der Waals surface area contributed by atoms with E-state index >= 15 is 0 Å². The molecule has 1 aromatic carbocycles. The molecule has 0 amide bonds. The lowest BCUT2D eigenvalue weighted by atomic mass is 10.1. The lowest BCUT2D eigenvalue weighted by molar-refractivity contribution is 0.323. The Morgan fingerprint density at radius 3 is 2.67 bits per heavy atom. The highest BCUT2D eigenvalue weighted by Crippen LogP contribution is 2.15. The average molecular weight is 303 g/mol. The summed E-state index contributed by atoms with van der Waals surface area (Å²) in [4.78, 5) is 1.38. The molecular weight excluding hydrogens is 278 g/mol. The van der Waals surface area contributed by atoms with E-state index in [1.54, 1.807) is 11.3 Å². The third kappa shape index (κ3) is 5.90. The molecule has 0 saturated carbocycles. The van der Waals surface area contributed by atoms with Gasteiger partial charge in [-0.3, -0.25) is 0 Å². The first-order valence-corrected chi connectivity index (χ1v) is 8.63. The topological polar surface area (TPSA) is 21.3 Å². The van der Waals surface area contributed by atoms with Gasteiger partial charge in [0.15, 0.2) is 0 Å². The van der Waals surface area contributed by atoms with Gasteiger partial charge >= 0.3 is 0 Å². The molecule has 0 aliphatic heterocycles. The minimum Gasteiger partial charge on any atom is -0.493 e. The molecule has 3 heteroatoms. The van der Waals surface area contributed by atoms with Crippen molar-refractivity contribution in [3.05, 3.63) is 52.2 Å². The number of rotatable bonds is 9. The Balaban J connectivity index is 1.73. The minimum atomic E-state index is 0.524. The first kappa shape index (κ1) is 16.1. The van der Waals surface area contributed by atoms with E-state index < -0.39 is 0 Å². The van der Waals surface area contributed by atoms with Crippen LogP contribution >= 0.6 is 11.3 Å². The predicted molar refractivity (Wildman–Crippen MR) is 91.4 cm³/mol. The molecule has 0 bridgehead atoms. The molecule has 0 saturated heterocycles. The van der Waals surface area contributed by atoms with Gasteiger partial charge in [-0.1, -0.05) is 25.1 Å². The van der Waals surface area contributed by atoms with Crippen LogP contribution in [0.1, 0.15) is 30.7 Å². The van der Waals surface area contributed by atoms with E-state index in [4.69, 9.17) is 4.74 Å². The summed E-state index contributed by atoms with van der Waals surface area (Å²) in [5.41, 5.74) is 1.36. The Labute approximate surface area is 132 Å². The third-order valence-corrected chi connectivity index (χ3v) is 4.34. The van der Waals surface area contributed by atoms with Crippen molar-refractivity contribution in [3.8, 4) is 5.75 Å². The predicted octanol–water partition coefficient (Wildman–Crippen LogP) is 4.30. The molecule has 0 spiro atoms. The van der Waals surface area contributed by atoms with Gasteiger partial charge in [-0.2, -0.15) is 0 Å². The molecule has 1 unspecified atom stereocenters. The summed E-state index contributed by atoms with van der Waals surface area (Å²) in [6.45, 7) is 6.27. The summed E-state index contributed by atoms with van der Waals surface area (Å²) in [6, 6.07) is 13.3. The van der Waals surface area contributed by atoms with Crippen molar-refractivity contribution in [1.82, 2.24) is 5.32 Å². The summed E-state index contributed by atoms with van der Waals surface area (Å²) >= 11 is 1.79. The molecule has 1 N–H and O–H groups in total. The Hall–Kier alpha value is -1.32. The molecule has 1 aromatic heterocycles. The second kappa shape index (κ2) is 8.85. The summed E-state index contributed by atoms with van der Waals surface area (Å²) in [6.07, 6.45) is 3.23. The van der Waals surface area contributed by atoms with E-state index in [0.717, 1.165) is 31.7 Å². The van der Waals surface area contributed by atoms with Crippen LogP contribution in [0.25, 0.3) is 0 Å². The number of nitrogens with one attached hydrogen (secondary N) is 1. The molecule has 0 fully saturated rings. The van der Waals surface area contributed by atoms with Crippen molar-refractivity contribution in [2.24, 2.45) is 0 Å². The molecule has 2 aromatic rings. The zero-order valence-electron chi connectivity index (χ0n) is 13.0. The zero-order chi connectivity index (χ0) is 14.9. The van der Waals surface area contributed by atoms with Crippen LogP contribution in [0, 0.1) is 0 Å². The van der Waals surface area contributed by atoms with Crippen molar-refractivity contribution in [2.75, 3.05) is 13.2 Å². The largest absolute Gasteiger partial charge is 0.493 e. The highest BCUT2D eigenvalue weighted by atomic mass is 32.1. The van der Waals surface area contributed by atoms with Gasteiger partial charge in [0.05, 0.1) is 6.61 Å². The molecule has 1 heterocycles. The van der Waals surface area contributed by atoms with E-state index in [0.29, 0.717) is 6.04 Å². The molecule has 2 nitrogen and oxygen atoms in total. The highest BCUT2D eigenvalue weighted by Gasteiger charge is 2.03. The van der Waals surface area contributed by atoms with E-state index in [9.17, 15) is 0 Å². The molecule has 0 aliphatic carbocycles. The number of ether oxygens (including phenoxy) is 1. The summed E-state index contributed by atoms with van der Waals surface area (Å²) in [7, 11) is 0. The van der Waals surface area contributed by atoms with Gasteiger partial charge in [0.1, 0.15) is 5.75 Å². The standard InChI is InChI=1S/C18H25NOS/c1-3-11-19-15(2)14-16-6-8-17(9-7-16)20-12-10-18-5-4-13-21-18/h4-9,13,15,19H,3,10-12,14H2,1-2H3. The molecule has 0 aliphatic rings. The maximum atomic E-state index is 5.80. The van der Waals surface area contributed by atoms with E-state index in [-0.39, 0.29) is 0 Å². The number of benzene rings is 1. The van der Waals surface area contributed by atoms with Crippen LogP contribution in [0.5, 0.6) is 5.75 Å². The first-order valence-electron chi connectivity index (χ1n) is 7.75. The normalized spacial score (nSPS) is 12.3. The van der Waals surface area contributed by atoms with Gasteiger partial charge in [-0.15, -0.1) is 11.3 Å². The van der Waals surface area contributed by atoms with Gasteiger partial charge < -0.3 is 10.1 Å². The van der Waals surface area contributed by atoms with Gasteiger partial charge in [0.2, 0.25) is 0 Å². The van der Waals surface area contributed by atoms with Crippen molar-refractivity contribution >= 4 is 11.3 Å². The SMILES string of the molecule is CCCNC(C)Cc1ccc(OCCc2cccs2)cc1. The van der Waals surface area contributed by atoms with Gasteiger partial charge in [0, 0.05) is 17.3 Å². The molecule has 1 atom stereocenters. The van der Waals surface area contributed by atoms with Crippen molar-refractivity contribution < 1.29 is 4.74 Å². The van der Waals surface area contributed by atoms with Crippen LogP contribution in [-0.4, -0.2) is 19.2 Å². The lowest BCUT2D eigenvalue weighted by Crippen LogP contribution is -2.28. The van der Waals surface area contributed by atoms with E-state index in [1.165, 1.54) is 16.9 Å². The van der Waals surface area contributed by atoms with Crippen LogP contribution in [0.2, 0.25) is 0 Å². The van der Waals surface area contributed by atoms with Crippen molar-refractivity contribution in [1.29, 1.82) is 0 Å². The van der Waals surface area contributed by atoms with Crippen LogP contribution < -0.4 is 10.1 Å². The number of thiophene rings is 1. The van der Waals surface area contributed by atoms with Crippen molar-refractivity contribution in [2.45, 2.75) is 39.2 Å². The van der Waals surface area contributed by atoms with Gasteiger partial charge in [0.25, 0.3) is 0 Å².